The van der Waals surface area contributed by atoms with Crippen LogP contribution in [0, 0.1) is 0 Å². The molecule has 0 radical (unpaired) electrons. The Hall–Kier alpha value is -1.42. The van der Waals surface area contributed by atoms with Crippen LogP contribution in [0.5, 0.6) is 0 Å². The first-order chi connectivity index (χ1) is 9.69. The summed E-state index contributed by atoms with van der Waals surface area (Å²) < 4.78 is 0. The van der Waals surface area contributed by atoms with Gasteiger partial charge in [0.1, 0.15) is 0 Å². The van der Waals surface area contributed by atoms with Gasteiger partial charge >= 0.3 is 0 Å². The van der Waals surface area contributed by atoms with E-state index in [-0.39, 0.29) is 6.04 Å². The van der Waals surface area contributed by atoms with Crippen molar-refractivity contribution in [1.29, 1.82) is 0 Å². The summed E-state index contributed by atoms with van der Waals surface area (Å²) in [7, 11) is 2.06. The molecule has 0 N–H and O–H groups in total. The highest BCUT2D eigenvalue weighted by atomic mass is 16.2. The minimum atomic E-state index is 0.0967. The first-order valence-electron chi connectivity index (χ1n) is 7.65. The number of pyridine rings is 1. The molecule has 4 heteroatoms. The van der Waals surface area contributed by atoms with Gasteiger partial charge in [0.15, 0.2) is 0 Å². The number of rotatable bonds is 2. The number of carbonyl (C=O) groups excluding carboxylic acids is 1. The number of likely N-dealkylation sites (tertiary alicyclic amines) is 1. The van der Waals surface area contributed by atoms with Gasteiger partial charge in [-0.1, -0.05) is 13.0 Å². The van der Waals surface area contributed by atoms with Crippen LogP contribution in [0.2, 0.25) is 0 Å². The third-order valence-electron chi connectivity index (χ3n) is 4.59. The number of nitrogens with zero attached hydrogens (tertiary/aromatic N) is 3. The van der Waals surface area contributed by atoms with Gasteiger partial charge in [-0.25, -0.2) is 0 Å². The van der Waals surface area contributed by atoms with Crippen molar-refractivity contribution in [3.8, 4) is 0 Å². The van der Waals surface area contributed by atoms with Crippen molar-refractivity contribution in [2.24, 2.45) is 0 Å². The van der Waals surface area contributed by atoms with Crippen LogP contribution in [0.3, 0.4) is 0 Å². The van der Waals surface area contributed by atoms with Crippen molar-refractivity contribution in [3.63, 3.8) is 0 Å². The average Bonchev–Trinajstić information content (AvgIpc) is 2.91. The average molecular weight is 273 g/mol. The highest BCUT2D eigenvalue weighted by Gasteiger charge is 2.32. The van der Waals surface area contributed by atoms with E-state index in [1.807, 2.05) is 4.90 Å². The minimum Gasteiger partial charge on any atom is -0.337 e. The van der Waals surface area contributed by atoms with Crippen LogP contribution in [-0.4, -0.2) is 46.9 Å². The molecule has 1 amide bonds. The Kier molecular flexibility index (Phi) is 3.74. The zero-order valence-electron chi connectivity index (χ0n) is 12.4. The number of hydrogen-bond donors (Lipinski definition) is 0. The molecule has 2 aliphatic rings. The van der Waals surface area contributed by atoms with E-state index in [9.17, 15) is 4.79 Å². The van der Waals surface area contributed by atoms with Crippen molar-refractivity contribution < 1.29 is 4.79 Å². The SMILES string of the molecule is CCc1ccc2c(n1)CCN(C(=O)[C@H]1CCCN1C)C2. The van der Waals surface area contributed by atoms with E-state index in [2.05, 4.69) is 36.0 Å². The highest BCUT2D eigenvalue weighted by molar-refractivity contribution is 5.82. The lowest BCUT2D eigenvalue weighted by Gasteiger charge is -2.32. The molecule has 0 bridgehead atoms. The lowest BCUT2D eigenvalue weighted by Crippen LogP contribution is -2.46. The van der Waals surface area contributed by atoms with Gasteiger partial charge in [0.25, 0.3) is 0 Å². The third kappa shape index (κ3) is 2.44. The molecule has 1 aromatic heterocycles. The van der Waals surface area contributed by atoms with E-state index < -0.39 is 0 Å². The van der Waals surface area contributed by atoms with Crippen LogP contribution in [-0.2, 0) is 24.2 Å². The van der Waals surface area contributed by atoms with Crippen molar-refractivity contribution in [2.45, 2.75) is 45.2 Å². The molecule has 0 unspecified atom stereocenters. The molecule has 2 aliphatic heterocycles. The van der Waals surface area contributed by atoms with Crippen LogP contribution in [0.25, 0.3) is 0 Å². The second-order valence-corrected chi connectivity index (χ2v) is 5.91. The molecule has 4 nitrogen and oxygen atoms in total. The smallest absolute Gasteiger partial charge is 0.240 e. The topological polar surface area (TPSA) is 36.4 Å². The molecule has 1 atom stereocenters. The number of aryl methyl sites for hydroxylation is 1. The number of carbonyl (C=O) groups is 1. The number of hydrogen-bond acceptors (Lipinski definition) is 3. The number of amides is 1. The maximum absolute atomic E-state index is 12.6. The summed E-state index contributed by atoms with van der Waals surface area (Å²) in [6.45, 7) is 4.72. The molecule has 1 aromatic rings. The Morgan fingerprint density at radius 1 is 1.40 bits per heavy atom. The fraction of sp³-hybridized carbons (Fsp3) is 0.625. The van der Waals surface area contributed by atoms with Crippen molar-refractivity contribution >= 4 is 5.91 Å². The summed E-state index contributed by atoms with van der Waals surface area (Å²) in [5.74, 6) is 0.301. The van der Waals surface area contributed by atoms with Gasteiger partial charge < -0.3 is 4.90 Å². The molecule has 1 fully saturated rings. The zero-order valence-corrected chi connectivity index (χ0v) is 12.4. The summed E-state index contributed by atoms with van der Waals surface area (Å²) in [6.07, 6.45) is 4.01. The van der Waals surface area contributed by atoms with Crippen LogP contribution < -0.4 is 0 Å². The van der Waals surface area contributed by atoms with E-state index in [0.29, 0.717) is 5.91 Å². The normalized spacial score (nSPS) is 22.9. The molecule has 20 heavy (non-hydrogen) atoms. The van der Waals surface area contributed by atoms with Gasteiger partial charge in [0.2, 0.25) is 5.91 Å². The molecule has 0 aliphatic carbocycles. The summed E-state index contributed by atoms with van der Waals surface area (Å²) in [5.41, 5.74) is 3.56. The molecule has 0 spiro atoms. The maximum Gasteiger partial charge on any atom is 0.240 e. The van der Waals surface area contributed by atoms with Crippen molar-refractivity contribution in [3.05, 3.63) is 29.1 Å². The Labute approximate surface area is 120 Å². The van der Waals surface area contributed by atoms with Gasteiger partial charge in [0.05, 0.1) is 6.04 Å². The van der Waals surface area contributed by atoms with Gasteiger partial charge in [-0.3, -0.25) is 14.7 Å². The fourth-order valence-corrected chi connectivity index (χ4v) is 3.28. The molecule has 0 aromatic carbocycles. The first kappa shape index (κ1) is 13.6. The van der Waals surface area contributed by atoms with E-state index in [1.165, 1.54) is 11.3 Å². The van der Waals surface area contributed by atoms with Gasteiger partial charge in [-0.05, 0) is 44.5 Å². The summed E-state index contributed by atoms with van der Waals surface area (Å²) in [4.78, 5) is 21.5. The van der Waals surface area contributed by atoms with E-state index in [0.717, 1.165) is 51.0 Å². The minimum absolute atomic E-state index is 0.0967. The maximum atomic E-state index is 12.6. The molecular weight excluding hydrogens is 250 g/mol. The molecular formula is C16H23N3O. The third-order valence-corrected chi connectivity index (χ3v) is 4.59. The molecule has 3 rings (SSSR count). The summed E-state index contributed by atoms with van der Waals surface area (Å²) in [6, 6.07) is 4.34. The Bertz CT molecular complexity index is 514. The Balaban J connectivity index is 1.73. The molecule has 0 saturated carbocycles. The number of aromatic nitrogens is 1. The lowest BCUT2D eigenvalue weighted by atomic mass is 10.0. The highest BCUT2D eigenvalue weighted by Crippen LogP contribution is 2.22. The van der Waals surface area contributed by atoms with Crippen molar-refractivity contribution in [1.82, 2.24) is 14.8 Å². The van der Waals surface area contributed by atoms with Gasteiger partial charge in [-0.2, -0.15) is 0 Å². The fourth-order valence-electron chi connectivity index (χ4n) is 3.28. The molecule has 3 heterocycles. The van der Waals surface area contributed by atoms with Crippen LogP contribution in [0.4, 0.5) is 0 Å². The number of likely N-dealkylation sites (N-methyl/N-ethyl adjacent to an activating group) is 1. The summed E-state index contributed by atoms with van der Waals surface area (Å²) >= 11 is 0. The van der Waals surface area contributed by atoms with E-state index in [4.69, 9.17) is 0 Å². The first-order valence-corrected chi connectivity index (χ1v) is 7.65. The predicted molar refractivity (Wildman–Crippen MR) is 78.4 cm³/mol. The molecule has 108 valence electrons. The standard InChI is InChI=1S/C16H23N3O/c1-3-13-7-6-12-11-19(10-8-14(12)17-13)16(20)15-5-4-9-18(15)2/h6-7,15H,3-5,8-11H2,1-2H3/t15-/m1/s1. The Morgan fingerprint density at radius 3 is 2.95 bits per heavy atom. The largest absolute Gasteiger partial charge is 0.337 e. The van der Waals surface area contributed by atoms with Gasteiger partial charge in [0, 0.05) is 30.9 Å². The van der Waals surface area contributed by atoms with Crippen LogP contribution in [0.1, 0.15) is 36.7 Å². The molecule has 1 saturated heterocycles. The predicted octanol–water partition coefficient (Wildman–Crippen LogP) is 1.62. The second kappa shape index (κ2) is 5.52. The second-order valence-electron chi connectivity index (χ2n) is 5.91. The summed E-state index contributed by atoms with van der Waals surface area (Å²) in [5, 5.41) is 0. The monoisotopic (exact) mass is 273 g/mol. The van der Waals surface area contributed by atoms with Crippen LogP contribution >= 0.6 is 0 Å². The van der Waals surface area contributed by atoms with E-state index in [1.54, 1.807) is 0 Å². The Morgan fingerprint density at radius 2 is 2.25 bits per heavy atom. The van der Waals surface area contributed by atoms with Gasteiger partial charge in [-0.15, -0.1) is 0 Å². The lowest BCUT2D eigenvalue weighted by molar-refractivity contribution is -0.136. The zero-order chi connectivity index (χ0) is 14.1. The van der Waals surface area contributed by atoms with Crippen molar-refractivity contribution in [2.75, 3.05) is 20.1 Å². The quantitative estimate of drug-likeness (QED) is 0.821. The van der Waals surface area contributed by atoms with E-state index >= 15 is 0 Å². The number of fused-ring (bicyclic) bond motifs is 1. The van der Waals surface area contributed by atoms with Crippen LogP contribution in [0.15, 0.2) is 12.1 Å².